The summed E-state index contributed by atoms with van der Waals surface area (Å²) in [6.45, 7) is 11.8. The summed E-state index contributed by atoms with van der Waals surface area (Å²) < 4.78 is 6.03. The summed E-state index contributed by atoms with van der Waals surface area (Å²) in [5.41, 5.74) is 9.95. The lowest BCUT2D eigenvalue weighted by Gasteiger charge is -2.13. The van der Waals surface area contributed by atoms with Gasteiger partial charge in [-0.3, -0.25) is 9.59 Å². The van der Waals surface area contributed by atoms with Crippen LogP contribution in [-0.4, -0.2) is 23.2 Å². The highest BCUT2D eigenvalue weighted by molar-refractivity contribution is 6.30. The standard InChI is InChI=1S/C38H36N6O3/c1-23-7-13-31(19-25(23)3)43-37(45)35(27(5)41-43)21-39-29-9-15-33(16-10-29)47-34-17-11-30(12-18-34)40-22-36-28(6)42-44(38(36)46)32-14-8-24(2)26(4)20-32/h7-22,39-40H,1-6H3/b35-21-,36-22+. The van der Waals surface area contributed by atoms with Crippen molar-refractivity contribution in [1.82, 2.24) is 0 Å². The minimum absolute atomic E-state index is 0.176. The number of hydrogen-bond donors (Lipinski definition) is 2. The molecule has 2 N–H and O–H groups in total. The van der Waals surface area contributed by atoms with E-state index in [9.17, 15) is 9.59 Å². The Morgan fingerprint density at radius 1 is 0.532 bits per heavy atom. The van der Waals surface area contributed by atoms with Crippen LogP contribution in [0.4, 0.5) is 22.7 Å². The van der Waals surface area contributed by atoms with Crippen LogP contribution in [0.1, 0.15) is 36.1 Å². The molecule has 2 heterocycles. The molecule has 0 aromatic heterocycles. The fraction of sp³-hybridized carbons (Fsp3) is 0.158. The van der Waals surface area contributed by atoms with Gasteiger partial charge in [0.25, 0.3) is 11.8 Å². The average molecular weight is 625 g/mol. The van der Waals surface area contributed by atoms with Gasteiger partial charge in [-0.1, -0.05) is 12.1 Å². The lowest BCUT2D eigenvalue weighted by Crippen LogP contribution is -2.22. The topological polar surface area (TPSA) is 98.6 Å². The fourth-order valence-corrected chi connectivity index (χ4v) is 5.12. The van der Waals surface area contributed by atoms with Crippen molar-refractivity contribution in [1.29, 1.82) is 0 Å². The van der Waals surface area contributed by atoms with E-state index in [-0.39, 0.29) is 11.8 Å². The largest absolute Gasteiger partial charge is 0.457 e. The molecule has 2 aliphatic rings. The first-order chi connectivity index (χ1) is 22.6. The maximum atomic E-state index is 13.1. The number of amides is 2. The van der Waals surface area contributed by atoms with E-state index in [1.54, 1.807) is 12.4 Å². The molecule has 0 radical (unpaired) electrons. The smallest absolute Gasteiger partial charge is 0.282 e. The Kier molecular flexibility index (Phi) is 8.46. The first kappa shape index (κ1) is 31.0. The number of benzene rings is 4. The van der Waals surface area contributed by atoms with Crippen molar-refractivity contribution >= 4 is 46.0 Å². The Morgan fingerprint density at radius 2 is 0.915 bits per heavy atom. The fourth-order valence-electron chi connectivity index (χ4n) is 5.12. The zero-order chi connectivity index (χ0) is 33.2. The number of hydrazone groups is 2. The number of carbonyl (C=O) groups is 2. The average Bonchev–Trinajstić information content (AvgIpc) is 3.51. The van der Waals surface area contributed by atoms with Gasteiger partial charge in [0.15, 0.2) is 0 Å². The number of nitrogens with zero attached hydrogens (tertiary/aromatic N) is 4. The molecule has 0 saturated carbocycles. The summed E-state index contributed by atoms with van der Waals surface area (Å²) in [6.07, 6.45) is 3.37. The molecule has 0 spiro atoms. The first-order valence-electron chi connectivity index (χ1n) is 15.3. The third-order valence-electron chi connectivity index (χ3n) is 8.31. The number of ether oxygens (including phenoxy) is 1. The second-order valence-corrected chi connectivity index (χ2v) is 11.7. The van der Waals surface area contributed by atoms with Crippen LogP contribution in [0.25, 0.3) is 0 Å². The molecule has 0 atom stereocenters. The van der Waals surface area contributed by atoms with Crippen molar-refractivity contribution in [2.75, 3.05) is 20.7 Å². The zero-order valence-corrected chi connectivity index (χ0v) is 27.3. The van der Waals surface area contributed by atoms with Crippen LogP contribution in [0.3, 0.4) is 0 Å². The van der Waals surface area contributed by atoms with E-state index in [2.05, 4.69) is 20.8 Å². The molecule has 0 unspecified atom stereocenters. The molecule has 4 aromatic carbocycles. The van der Waals surface area contributed by atoms with Crippen LogP contribution in [0.15, 0.2) is 119 Å². The lowest BCUT2D eigenvalue weighted by molar-refractivity contribution is -0.115. The Morgan fingerprint density at radius 3 is 1.28 bits per heavy atom. The summed E-state index contributed by atoms with van der Waals surface area (Å²) in [7, 11) is 0. The van der Waals surface area contributed by atoms with Crippen molar-refractivity contribution in [3.8, 4) is 11.5 Å². The van der Waals surface area contributed by atoms with Gasteiger partial charge >= 0.3 is 0 Å². The summed E-state index contributed by atoms with van der Waals surface area (Å²) in [4.78, 5) is 26.2. The van der Waals surface area contributed by atoms with Gasteiger partial charge in [0.2, 0.25) is 0 Å². The Balaban J connectivity index is 1.04. The first-order valence-corrected chi connectivity index (χ1v) is 15.3. The highest BCUT2D eigenvalue weighted by Crippen LogP contribution is 2.29. The number of hydrogen-bond acceptors (Lipinski definition) is 7. The van der Waals surface area contributed by atoms with Gasteiger partial charge in [0.05, 0.1) is 33.9 Å². The lowest BCUT2D eigenvalue weighted by atomic mass is 10.1. The van der Waals surface area contributed by atoms with Crippen LogP contribution in [0, 0.1) is 27.7 Å². The van der Waals surface area contributed by atoms with E-state index in [1.165, 1.54) is 21.1 Å². The number of aryl methyl sites for hydroxylation is 4. The van der Waals surface area contributed by atoms with Crippen LogP contribution >= 0.6 is 0 Å². The third-order valence-corrected chi connectivity index (χ3v) is 8.31. The van der Waals surface area contributed by atoms with E-state index < -0.39 is 0 Å². The zero-order valence-electron chi connectivity index (χ0n) is 27.3. The highest BCUT2D eigenvalue weighted by atomic mass is 16.5. The Labute approximate surface area is 274 Å². The summed E-state index contributed by atoms with van der Waals surface area (Å²) >= 11 is 0. The van der Waals surface area contributed by atoms with E-state index in [4.69, 9.17) is 4.74 Å². The van der Waals surface area contributed by atoms with Gasteiger partial charge in [0, 0.05) is 23.8 Å². The van der Waals surface area contributed by atoms with Gasteiger partial charge in [-0.25, -0.2) is 0 Å². The molecule has 0 saturated heterocycles. The second kappa shape index (κ2) is 12.8. The minimum atomic E-state index is -0.176. The summed E-state index contributed by atoms with van der Waals surface area (Å²) in [5.74, 6) is 0.974. The van der Waals surface area contributed by atoms with Crippen molar-refractivity contribution in [3.63, 3.8) is 0 Å². The predicted octanol–water partition coefficient (Wildman–Crippen LogP) is 8.15. The molecule has 2 amide bonds. The molecule has 236 valence electrons. The Bertz CT molecular complexity index is 1860. The van der Waals surface area contributed by atoms with Gasteiger partial charge < -0.3 is 15.4 Å². The SMILES string of the molecule is CC1=NN(c2ccc(C)c(C)c2)C(=O)/C1=C\Nc1ccc(Oc2ccc(N/C=C3/C(=O)N(c4ccc(C)c(C)c4)N=C3C)cc2)cc1. The maximum Gasteiger partial charge on any atom is 0.282 e. The van der Waals surface area contributed by atoms with E-state index in [0.717, 1.165) is 33.9 Å². The molecule has 47 heavy (non-hydrogen) atoms. The quantitative estimate of drug-likeness (QED) is 0.193. The van der Waals surface area contributed by atoms with Crippen LogP contribution in [0.2, 0.25) is 0 Å². The van der Waals surface area contributed by atoms with E-state index >= 15 is 0 Å². The molecule has 4 aromatic rings. The van der Waals surface area contributed by atoms with Crippen molar-refractivity contribution < 1.29 is 14.3 Å². The number of anilines is 4. The molecule has 9 nitrogen and oxygen atoms in total. The second-order valence-electron chi connectivity index (χ2n) is 11.7. The summed E-state index contributed by atoms with van der Waals surface area (Å²) in [6, 6.07) is 26.7. The molecule has 0 bridgehead atoms. The molecule has 0 aliphatic carbocycles. The third kappa shape index (κ3) is 6.55. The normalized spacial score (nSPS) is 16.2. The highest BCUT2D eigenvalue weighted by Gasteiger charge is 2.30. The van der Waals surface area contributed by atoms with Crippen LogP contribution < -0.4 is 25.4 Å². The molecular formula is C38H36N6O3. The maximum absolute atomic E-state index is 13.1. The monoisotopic (exact) mass is 624 g/mol. The van der Waals surface area contributed by atoms with Crippen molar-refractivity contribution in [2.24, 2.45) is 10.2 Å². The van der Waals surface area contributed by atoms with Gasteiger partial charge in [-0.15, -0.1) is 0 Å². The summed E-state index contributed by atoms with van der Waals surface area (Å²) in [5, 5.41) is 18.2. The van der Waals surface area contributed by atoms with Crippen molar-refractivity contribution in [3.05, 3.63) is 131 Å². The minimum Gasteiger partial charge on any atom is -0.457 e. The number of carbonyl (C=O) groups excluding carboxylic acids is 2. The molecule has 2 aliphatic heterocycles. The number of rotatable bonds is 8. The molecule has 6 rings (SSSR count). The van der Waals surface area contributed by atoms with Gasteiger partial charge in [0.1, 0.15) is 11.5 Å². The van der Waals surface area contributed by atoms with Gasteiger partial charge in [-0.2, -0.15) is 20.2 Å². The number of nitrogens with one attached hydrogen (secondary N) is 2. The predicted molar refractivity (Wildman–Crippen MR) is 189 cm³/mol. The molecular weight excluding hydrogens is 588 g/mol. The Hall–Kier alpha value is -5.96. The van der Waals surface area contributed by atoms with E-state index in [0.29, 0.717) is 34.1 Å². The van der Waals surface area contributed by atoms with Gasteiger partial charge in [-0.05, 0) is 137 Å². The molecule has 0 fully saturated rings. The van der Waals surface area contributed by atoms with Crippen LogP contribution in [0.5, 0.6) is 11.5 Å². The van der Waals surface area contributed by atoms with E-state index in [1.807, 2.05) is 126 Å². The van der Waals surface area contributed by atoms with Crippen LogP contribution in [-0.2, 0) is 9.59 Å². The van der Waals surface area contributed by atoms with Crippen molar-refractivity contribution in [2.45, 2.75) is 41.5 Å². The molecule has 9 heteroatoms.